The molecule has 19 heavy (non-hydrogen) atoms. The monoisotopic (exact) mass is 341 g/mol. The average Bonchev–Trinajstić information content (AvgIpc) is 2.31. The maximum atomic E-state index is 12.2. The number of nitrogens with one attached hydrogen (secondary N) is 1. The number of phenolic OH excluding ortho intramolecular Hbond substituents is 1. The van der Waals surface area contributed by atoms with Gasteiger partial charge in [0.25, 0.3) is 10.0 Å². The number of halogens is 1. The number of hydrogen-bond acceptors (Lipinski definition) is 3. The molecule has 0 amide bonds. The zero-order valence-electron chi connectivity index (χ0n) is 10.1. The Morgan fingerprint density at radius 1 is 1.16 bits per heavy atom. The van der Waals surface area contributed by atoms with Crippen molar-refractivity contribution >= 4 is 31.6 Å². The number of aromatic hydroxyl groups is 1. The summed E-state index contributed by atoms with van der Waals surface area (Å²) in [7, 11) is -3.81. The van der Waals surface area contributed by atoms with Crippen molar-refractivity contribution in [2.45, 2.75) is 11.8 Å². The Morgan fingerprint density at radius 3 is 2.58 bits per heavy atom. The van der Waals surface area contributed by atoms with Crippen molar-refractivity contribution in [2.75, 3.05) is 4.72 Å². The molecule has 0 saturated heterocycles. The van der Waals surface area contributed by atoms with Crippen LogP contribution in [-0.4, -0.2) is 13.5 Å². The zero-order chi connectivity index (χ0) is 14.0. The first-order valence-corrected chi connectivity index (χ1v) is 7.74. The van der Waals surface area contributed by atoms with Gasteiger partial charge in [-0.2, -0.15) is 0 Å². The third kappa shape index (κ3) is 3.27. The van der Waals surface area contributed by atoms with Crippen LogP contribution in [0.4, 0.5) is 5.69 Å². The van der Waals surface area contributed by atoms with Crippen LogP contribution in [0.25, 0.3) is 0 Å². The largest absolute Gasteiger partial charge is 0.507 e. The van der Waals surface area contributed by atoms with Crippen molar-refractivity contribution in [2.24, 2.45) is 0 Å². The summed E-state index contributed by atoms with van der Waals surface area (Å²) in [5.74, 6) is -0.289. The molecule has 2 aromatic carbocycles. The Labute approximate surface area is 120 Å². The first kappa shape index (κ1) is 13.9. The van der Waals surface area contributed by atoms with E-state index >= 15 is 0 Å². The van der Waals surface area contributed by atoms with Gasteiger partial charge in [-0.3, -0.25) is 4.72 Å². The van der Waals surface area contributed by atoms with E-state index in [4.69, 9.17) is 0 Å². The number of phenols is 1. The number of sulfonamides is 1. The van der Waals surface area contributed by atoms with Crippen molar-refractivity contribution in [3.05, 3.63) is 52.5 Å². The molecule has 0 fully saturated rings. The zero-order valence-corrected chi connectivity index (χ0v) is 12.5. The molecule has 0 radical (unpaired) electrons. The standard InChI is InChI=1S/C13H12BrNO3S/c1-9-3-2-4-11(7-9)15-19(17,18)13-8-10(14)5-6-12(13)16/h2-8,15-16H,1H3. The van der Waals surface area contributed by atoms with Crippen LogP contribution in [0.1, 0.15) is 5.56 Å². The third-order valence-electron chi connectivity index (χ3n) is 2.48. The van der Waals surface area contributed by atoms with E-state index in [0.29, 0.717) is 10.2 Å². The second-order valence-corrected chi connectivity index (χ2v) is 6.65. The molecular formula is C13H12BrNO3S. The lowest BCUT2D eigenvalue weighted by molar-refractivity contribution is 0.459. The highest BCUT2D eigenvalue weighted by Crippen LogP contribution is 2.28. The van der Waals surface area contributed by atoms with E-state index in [0.717, 1.165) is 5.56 Å². The molecule has 0 unspecified atom stereocenters. The van der Waals surface area contributed by atoms with E-state index in [-0.39, 0.29) is 10.6 Å². The Kier molecular flexibility index (Phi) is 3.82. The minimum atomic E-state index is -3.81. The van der Waals surface area contributed by atoms with Gasteiger partial charge in [-0.15, -0.1) is 0 Å². The average molecular weight is 342 g/mol. The van der Waals surface area contributed by atoms with Gasteiger partial charge < -0.3 is 5.11 Å². The minimum absolute atomic E-state index is 0.164. The van der Waals surface area contributed by atoms with E-state index in [1.807, 2.05) is 13.0 Å². The number of anilines is 1. The molecule has 0 bridgehead atoms. The minimum Gasteiger partial charge on any atom is -0.507 e. The van der Waals surface area contributed by atoms with Crippen LogP contribution in [0.15, 0.2) is 51.8 Å². The fraction of sp³-hybridized carbons (Fsp3) is 0.0769. The summed E-state index contributed by atoms with van der Waals surface area (Å²) in [6.45, 7) is 1.87. The van der Waals surface area contributed by atoms with Crippen LogP contribution in [0.2, 0.25) is 0 Å². The molecule has 0 saturated carbocycles. The van der Waals surface area contributed by atoms with Gasteiger partial charge in [0.15, 0.2) is 0 Å². The van der Waals surface area contributed by atoms with Crippen LogP contribution in [0.5, 0.6) is 5.75 Å². The highest BCUT2D eigenvalue weighted by Gasteiger charge is 2.19. The summed E-state index contributed by atoms with van der Waals surface area (Å²) in [6, 6.07) is 11.2. The molecule has 100 valence electrons. The normalized spacial score (nSPS) is 11.3. The Bertz CT molecular complexity index is 714. The summed E-state index contributed by atoms with van der Waals surface area (Å²) >= 11 is 3.18. The smallest absolute Gasteiger partial charge is 0.265 e. The van der Waals surface area contributed by atoms with E-state index in [9.17, 15) is 13.5 Å². The lowest BCUT2D eigenvalue weighted by atomic mass is 10.2. The highest BCUT2D eigenvalue weighted by molar-refractivity contribution is 9.10. The molecule has 0 heterocycles. The first-order valence-electron chi connectivity index (χ1n) is 5.46. The SMILES string of the molecule is Cc1cccc(NS(=O)(=O)c2cc(Br)ccc2O)c1. The van der Waals surface area contributed by atoms with Gasteiger partial charge in [-0.1, -0.05) is 28.1 Å². The second kappa shape index (κ2) is 5.22. The Hall–Kier alpha value is -1.53. The van der Waals surface area contributed by atoms with Crippen LogP contribution >= 0.6 is 15.9 Å². The van der Waals surface area contributed by atoms with Crippen LogP contribution < -0.4 is 4.72 Å². The Balaban J connectivity index is 2.40. The molecule has 0 aliphatic rings. The second-order valence-electron chi connectivity index (χ2n) is 4.09. The predicted molar refractivity (Wildman–Crippen MR) is 77.8 cm³/mol. The molecule has 4 nitrogen and oxygen atoms in total. The molecule has 0 aliphatic heterocycles. The summed E-state index contributed by atoms with van der Waals surface area (Å²) in [6.07, 6.45) is 0. The van der Waals surface area contributed by atoms with E-state index in [1.54, 1.807) is 24.3 Å². The fourth-order valence-corrected chi connectivity index (χ4v) is 3.31. The van der Waals surface area contributed by atoms with Crippen molar-refractivity contribution in [3.8, 4) is 5.75 Å². The maximum Gasteiger partial charge on any atom is 0.265 e. The molecule has 2 aromatic rings. The Morgan fingerprint density at radius 2 is 1.89 bits per heavy atom. The quantitative estimate of drug-likeness (QED) is 0.900. The number of benzene rings is 2. The summed E-state index contributed by atoms with van der Waals surface area (Å²) in [4.78, 5) is -0.164. The third-order valence-corrected chi connectivity index (χ3v) is 4.39. The fourth-order valence-electron chi connectivity index (χ4n) is 1.62. The first-order chi connectivity index (χ1) is 8.88. The van der Waals surface area contributed by atoms with Gasteiger partial charge in [0, 0.05) is 10.2 Å². The van der Waals surface area contributed by atoms with Crippen LogP contribution in [0, 0.1) is 6.92 Å². The van der Waals surface area contributed by atoms with Gasteiger partial charge in [-0.25, -0.2) is 8.42 Å². The van der Waals surface area contributed by atoms with E-state index in [1.165, 1.54) is 12.1 Å². The topological polar surface area (TPSA) is 66.4 Å². The molecule has 0 spiro atoms. The van der Waals surface area contributed by atoms with Crippen molar-refractivity contribution in [1.82, 2.24) is 0 Å². The van der Waals surface area contributed by atoms with Crippen molar-refractivity contribution in [3.63, 3.8) is 0 Å². The van der Waals surface area contributed by atoms with Gasteiger partial charge >= 0.3 is 0 Å². The van der Waals surface area contributed by atoms with Crippen molar-refractivity contribution < 1.29 is 13.5 Å². The lowest BCUT2D eigenvalue weighted by Crippen LogP contribution is -2.13. The molecule has 6 heteroatoms. The van der Waals surface area contributed by atoms with Crippen LogP contribution in [-0.2, 0) is 10.0 Å². The van der Waals surface area contributed by atoms with Crippen molar-refractivity contribution in [1.29, 1.82) is 0 Å². The lowest BCUT2D eigenvalue weighted by Gasteiger charge is -2.10. The molecule has 0 aromatic heterocycles. The van der Waals surface area contributed by atoms with E-state index in [2.05, 4.69) is 20.7 Å². The number of rotatable bonds is 3. The summed E-state index contributed by atoms with van der Waals surface area (Å²) in [5, 5.41) is 9.66. The van der Waals surface area contributed by atoms with Gasteiger partial charge in [0.05, 0.1) is 0 Å². The highest BCUT2D eigenvalue weighted by atomic mass is 79.9. The number of aryl methyl sites for hydroxylation is 1. The maximum absolute atomic E-state index is 12.2. The molecular weight excluding hydrogens is 330 g/mol. The van der Waals surface area contributed by atoms with Gasteiger partial charge in [0.2, 0.25) is 0 Å². The van der Waals surface area contributed by atoms with Gasteiger partial charge in [0.1, 0.15) is 10.6 Å². The van der Waals surface area contributed by atoms with Gasteiger partial charge in [-0.05, 0) is 42.8 Å². The van der Waals surface area contributed by atoms with E-state index < -0.39 is 10.0 Å². The van der Waals surface area contributed by atoms with Crippen LogP contribution in [0.3, 0.4) is 0 Å². The molecule has 0 aliphatic carbocycles. The number of hydrogen-bond donors (Lipinski definition) is 2. The molecule has 2 N–H and O–H groups in total. The molecule has 0 atom stereocenters. The summed E-state index contributed by atoms with van der Waals surface area (Å²) < 4.78 is 27.4. The predicted octanol–water partition coefficient (Wildman–Crippen LogP) is 3.26. The molecule has 2 rings (SSSR count). The summed E-state index contributed by atoms with van der Waals surface area (Å²) in [5.41, 5.74) is 1.40.